The number of allylic oxidation sites excluding steroid dienone is 1. The number of piperidine rings is 1. The largest absolute Gasteiger partial charge is 0.508 e. The molecule has 2 aliphatic rings. The molecule has 4 rings (SSSR count). The number of hydrogen-bond donors (Lipinski definition) is 8. The molecule has 2 heterocycles. The van der Waals surface area contributed by atoms with Gasteiger partial charge in [-0.1, -0.05) is 83.2 Å². The number of carbonyl (C=O) groups is 9. The third kappa shape index (κ3) is 14.6. The molecule has 2 fully saturated rings. The van der Waals surface area contributed by atoms with Crippen LogP contribution in [0.2, 0.25) is 0 Å². The summed E-state index contributed by atoms with van der Waals surface area (Å²) in [4.78, 5) is 128. The van der Waals surface area contributed by atoms with E-state index >= 15 is 0 Å². The number of aliphatic hydroxyl groups excluding tert-OH is 1. The first kappa shape index (κ1) is 54.8. The van der Waals surface area contributed by atoms with Crippen LogP contribution in [0.5, 0.6) is 5.75 Å². The number of nitrogens with zero attached hydrogens (tertiary/aromatic N) is 2. The zero-order valence-corrected chi connectivity index (χ0v) is 40.7. The number of phenolic OH excluding ortho intramolecular Hbond substituents is 1. The second kappa shape index (κ2) is 25.0. The minimum Gasteiger partial charge on any atom is -0.508 e. The van der Waals surface area contributed by atoms with Crippen LogP contribution in [-0.4, -0.2) is 135 Å². The van der Waals surface area contributed by atoms with Crippen molar-refractivity contribution in [2.24, 2.45) is 11.8 Å². The number of fused-ring (bicyclic) bond motifs is 2. The van der Waals surface area contributed by atoms with Gasteiger partial charge in [0.2, 0.25) is 35.4 Å². The Hall–Kier alpha value is -6.83. The van der Waals surface area contributed by atoms with E-state index < -0.39 is 114 Å². The van der Waals surface area contributed by atoms with Gasteiger partial charge >= 0.3 is 5.97 Å². The van der Waals surface area contributed by atoms with Crippen molar-refractivity contribution in [2.45, 2.75) is 149 Å². The first-order valence-electron chi connectivity index (χ1n) is 23.4. The first-order valence-corrected chi connectivity index (χ1v) is 23.4. The Morgan fingerprint density at radius 1 is 0.826 bits per heavy atom. The van der Waals surface area contributed by atoms with Crippen molar-refractivity contribution in [3.63, 3.8) is 0 Å². The maximum Gasteiger partial charge on any atom is 0.329 e. The van der Waals surface area contributed by atoms with Crippen LogP contribution < -0.4 is 31.9 Å². The molecule has 0 spiro atoms. The van der Waals surface area contributed by atoms with Gasteiger partial charge < -0.3 is 56.7 Å². The fraction of sp³-hybridized carbons (Fsp3) is 0.531. The van der Waals surface area contributed by atoms with E-state index in [0.29, 0.717) is 17.5 Å². The highest BCUT2D eigenvalue weighted by Gasteiger charge is 2.45. The number of rotatable bonds is 13. The van der Waals surface area contributed by atoms with Crippen molar-refractivity contribution in [1.29, 1.82) is 0 Å². The fourth-order valence-electron chi connectivity index (χ4n) is 8.03. The summed E-state index contributed by atoms with van der Waals surface area (Å²) in [5.74, 6) is -8.62. The molecule has 9 atom stereocenters. The minimum atomic E-state index is -1.75. The molecular weight excluding hydrogens is 893 g/mol. The average Bonchev–Trinajstić information content (AvgIpc) is 3.30. The number of ether oxygens (including phenoxy) is 1. The lowest BCUT2D eigenvalue weighted by Crippen LogP contribution is -2.64. The zero-order chi connectivity index (χ0) is 51.3. The molecule has 2 aliphatic heterocycles. The molecular formula is C49H68N8O12. The summed E-state index contributed by atoms with van der Waals surface area (Å²) in [6.45, 7) is 12.5. The highest BCUT2D eigenvalue weighted by Crippen LogP contribution is 2.25. The van der Waals surface area contributed by atoms with E-state index in [1.807, 2.05) is 0 Å². The molecule has 0 unspecified atom stereocenters. The van der Waals surface area contributed by atoms with Gasteiger partial charge in [-0.05, 0) is 75.1 Å². The molecule has 2 aromatic rings. The van der Waals surface area contributed by atoms with Crippen molar-refractivity contribution >= 4 is 53.2 Å². The molecule has 0 saturated carbocycles. The summed E-state index contributed by atoms with van der Waals surface area (Å²) in [7, 11) is 1.36. The van der Waals surface area contributed by atoms with Gasteiger partial charge in [0.1, 0.15) is 66.1 Å². The second-order valence-corrected chi connectivity index (χ2v) is 18.2. The molecule has 2 aromatic carbocycles. The van der Waals surface area contributed by atoms with Gasteiger partial charge in [-0.3, -0.25) is 38.4 Å². The standard InChI is InChI=1S/C49H68N8O12/c1-10-15-37(59)50-28(7)42(61)53-39(26(3)4)45(64)55-41-29(8)69-49(68)40(27(5)6)54-44(63)35(24-31-18-20-32(58)21-19-31)56(9)48(67)36(25-30-16-13-12-14-17-30)57-38(60)23-22-34(47(57)66)52-43(62)33(11-2)51-46(41)65/h11-14,16-21,26-29,34-36,38-41,58,60H,10,15,22-25H2,1-9H3,(H,50,59)(H,51,65)(H,52,62)(H,53,61)(H,54,63)(H,55,64)/b33-11-/t28-,29-,34-,35-,36-,38+,39-,40-,41-/m1/s1. The van der Waals surface area contributed by atoms with Crippen LogP contribution in [0.3, 0.4) is 0 Å². The van der Waals surface area contributed by atoms with Gasteiger partial charge in [0, 0.05) is 26.3 Å². The zero-order valence-electron chi connectivity index (χ0n) is 40.7. The van der Waals surface area contributed by atoms with E-state index in [0.717, 1.165) is 9.80 Å². The highest BCUT2D eigenvalue weighted by atomic mass is 16.5. The molecule has 0 radical (unpaired) electrons. The van der Waals surface area contributed by atoms with E-state index in [-0.39, 0.29) is 49.5 Å². The molecule has 8 N–H and O–H groups in total. The fourth-order valence-corrected chi connectivity index (χ4v) is 8.03. The lowest BCUT2D eigenvalue weighted by molar-refractivity contribution is -0.165. The second-order valence-electron chi connectivity index (χ2n) is 18.2. The lowest BCUT2D eigenvalue weighted by Gasteiger charge is -2.43. The normalized spacial score (nSPS) is 24.8. The van der Waals surface area contributed by atoms with Crippen LogP contribution in [-0.2, 0) is 60.7 Å². The Morgan fingerprint density at radius 3 is 2.04 bits per heavy atom. The summed E-state index contributed by atoms with van der Waals surface area (Å²) in [5, 5.41) is 37.1. The van der Waals surface area contributed by atoms with Crippen molar-refractivity contribution in [2.75, 3.05) is 7.05 Å². The number of esters is 1. The number of aliphatic hydroxyl groups is 1. The highest BCUT2D eigenvalue weighted by molar-refractivity contribution is 6.03. The molecule has 0 aliphatic carbocycles. The van der Waals surface area contributed by atoms with E-state index in [1.54, 1.807) is 77.1 Å². The third-order valence-corrected chi connectivity index (χ3v) is 12.1. The van der Waals surface area contributed by atoms with Crippen molar-refractivity contribution in [1.82, 2.24) is 41.7 Å². The van der Waals surface area contributed by atoms with Crippen LogP contribution in [0.4, 0.5) is 0 Å². The molecule has 376 valence electrons. The van der Waals surface area contributed by atoms with E-state index in [1.165, 1.54) is 46.0 Å². The SMILES string of the molecule is C/C=C1\NC(=O)[C@H](NC(=O)[C@H](NC(=O)[C@@H](C)NC(=O)CCC)C(C)C)[C@@H](C)OC(=O)[C@@H](C(C)C)NC(=O)[C@@H](Cc2ccc(O)cc2)N(C)C(=O)[C@@H](Cc2ccccc2)N2C(=O)[C@@H](CC[C@@H]2O)NC1=O. The van der Waals surface area contributed by atoms with Crippen LogP contribution in [0.1, 0.15) is 92.2 Å². The predicted octanol–water partition coefficient (Wildman–Crippen LogP) is 0.835. The van der Waals surface area contributed by atoms with Gasteiger partial charge in [0.05, 0.1) is 0 Å². The van der Waals surface area contributed by atoms with Gasteiger partial charge in [-0.25, -0.2) is 4.79 Å². The maximum atomic E-state index is 15.0. The predicted molar refractivity (Wildman–Crippen MR) is 252 cm³/mol. The topological polar surface area (TPSA) is 282 Å². The minimum absolute atomic E-state index is 0.0522. The number of cyclic esters (lactones) is 1. The Bertz CT molecular complexity index is 2220. The summed E-state index contributed by atoms with van der Waals surface area (Å²) >= 11 is 0. The molecule has 8 amide bonds. The quantitative estimate of drug-likeness (QED) is 0.102. The Kier molecular flexibility index (Phi) is 19.8. The number of benzene rings is 2. The maximum absolute atomic E-state index is 15.0. The van der Waals surface area contributed by atoms with Crippen LogP contribution >= 0.6 is 0 Å². The Morgan fingerprint density at radius 2 is 1.45 bits per heavy atom. The number of nitrogens with one attached hydrogen (secondary N) is 6. The molecule has 20 nitrogen and oxygen atoms in total. The van der Waals surface area contributed by atoms with Gasteiger partial charge in [-0.15, -0.1) is 0 Å². The Balaban J connectivity index is 1.82. The molecule has 0 aromatic heterocycles. The number of carbonyl (C=O) groups excluding carboxylic acids is 9. The Labute approximate surface area is 402 Å². The van der Waals surface area contributed by atoms with Crippen molar-refractivity contribution in [3.05, 3.63) is 77.5 Å². The van der Waals surface area contributed by atoms with E-state index in [4.69, 9.17) is 4.74 Å². The van der Waals surface area contributed by atoms with E-state index in [9.17, 15) is 53.4 Å². The van der Waals surface area contributed by atoms with Crippen LogP contribution in [0.15, 0.2) is 66.4 Å². The van der Waals surface area contributed by atoms with Gasteiger partial charge in [-0.2, -0.15) is 0 Å². The monoisotopic (exact) mass is 960 g/mol. The third-order valence-electron chi connectivity index (χ3n) is 12.1. The summed E-state index contributed by atoms with van der Waals surface area (Å²) in [6.07, 6.45) is -1.44. The smallest absolute Gasteiger partial charge is 0.329 e. The number of aromatic hydroxyl groups is 1. The van der Waals surface area contributed by atoms with Crippen LogP contribution in [0, 0.1) is 11.8 Å². The van der Waals surface area contributed by atoms with E-state index in [2.05, 4.69) is 31.9 Å². The molecule has 2 bridgehead atoms. The lowest BCUT2D eigenvalue weighted by atomic mass is 9.95. The van der Waals surface area contributed by atoms with Gasteiger partial charge in [0.15, 0.2) is 0 Å². The summed E-state index contributed by atoms with van der Waals surface area (Å²) in [6, 6.07) is 5.03. The molecule has 2 saturated heterocycles. The van der Waals surface area contributed by atoms with Crippen molar-refractivity contribution in [3.8, 4) is 5.75 Å². The number of hydrogen-bond acceptors (Lipinski definition) is 12. The first-order chi connectivity index (χ1) is 32.6. The average molecular weight is 961 g/mol. The summed E-state index contributed by atoms with van der Waals surface area (Å²) in [5.41, 5.74) is 0.751. The number of likely N-dealkylation sites (N-methyl/N-ethyl adjacent to an activating group) is 1. The van der Waals surface area contributed by atoms with Crippen LogP contribution in [0.25, 0.3) is 0 Å². The number of phenols is 1. The van der Waals surface area contributed by atoms with Crippen molar-refractivity contribution < 1.29 is 58.1 Å². The number of amides is 8. The summed E-state index contributed by atoms with van der Waals surface area (Å²) < 4.78 is 5.85. The van der Waals surface area contributed by atoms with Gasteiger partial charge in [0.25, 0.3) is 11.8 Å². The molecule has 69 heavy (non-hydrogen) atoms. The molecule has 20 heteroatoms.